The van der Waals surface area contributed by atoms with Crippen molar-refractivity contribution in [3.63, 3.8) is 0 Å². The third-order valence-corrected chi connectivity index (χ3v) is 2.89. The van der Waals surface area contributed by atoms with E-state index in [-0.39, 0.29) is 12.0 Å². The van der Waals surface area contributed by atoms with E-state index in [1.54, 1.807) is 0 Å². The molecule has 0 radical (unpaired) electrons. The van der Waals surface area contributed by atoms with Gasteiger partial charge in [0.15, 0.2) is 0 Å². The van der Waals surface area contributed by atoms with Crippen molar-refractivity contribution in [1.82, 2.24) is 0 Å². The third-order valence-electron chi connectivity index (χ3n) is 2.43. The molecule has 0 aliphatic rings. The number of nitrogens with zero attached hydrogens (tertiary/aromatic N) is 1. The van der Waals surface area contributed by atoms with Gasteiger partial charge in [0.2, 0.25) is 0 Å². The molecule has 0 spiro atoms. The van der Waals surface area contributed by atoms with Gasteiger partial charge in [-0.25, -0.2) is 4.39 Å². The molecule has 0 aromatic heterocycles. The van der Waals surface area contributed by atoms with Crippen LogP contribution in [0.15, 0.2) is 18.2 Å². The monoisotopic (exact) mass is 301 g/mol. The summed E-state index contributed by atoms with van der Waals surface area (Å²) in [6.45, 7) is 0. The van der Waals surface area contributed by atoms with E-state index in [0.717, 1.165) is 0 Å². The molecule has 2 atom stereocenters. The number of benzene rings is 1. The fourth-order valence-corrected chi connectivity index (χ4v) is 1.97. The zero-order valence-corrected chi connectivity index (χ0v) is 10.7. The number of alkyl halides is 1. The highest BCUT2D eigenvalue weighted by molar-refractivity contribution is 9.09. The Labute approximate surface area is 108 Å². The minimum Gasteiger partial charge on any atom is -0.390 e. The first-order valence-electron chi connectivity index (χ1n) is 5.17. The van der Waals surface area contributed by atoms with Gasteiger partial charge in [0, 0.05) is 10.9 Å². The fraction of sp³-hybridized carbons (Fsp3) is 0.417. The molecule has 3 nitrogen and oxygen atoms in total. The van der Waals surface area contributed by atoms with E-state index >= 15 is 0 Å². The zero-order valence-electron chi connectivity index (χ0n) is 9.11. The van der Waals surface area contributed by atoms with Crippen LogP contribution in [0.5, 0.6) is 0 Å². The van der Waals surface area contributed by atoms with Crippen molar-refractivity contribution in [2.75, 3.05) is 5.33 Å². The normalized spacial score (nSPS) is 14.1. The Hall–Kier alpha value is -0.960. The van der Waals surface area contributed by atoms with Gasteiger partial charge in [0.05, 0.1) is 18.6 Å². The molecule has 0 fully saturated rings. The first-order chi connectivity index (χ1) is 8.10. The van der Waals surface area contributed by atoms with Crippen molar-refractivity contribution >= 4 is 15.9 Å². The van der Waals surface area contributed by atoms with Crippen LogP contribution in [0.3, 0.4) is 0 Å². The number of aliphatic hydroxyl groups is 2. The van der Waals surface area contributed by atoms with E-state index in [2.05, 4.69) is 15.9 Å². The smallest absolute Gasteiger partial charge is 0.129 e. The van der Waals surface area contributed by atoms with Gasteiger partial charge in [-0.15, -0.1) is 0 Å². The molecule has 0 saturated carbocycles. The van der Waals surface area contributed by atoms with Crippen molar-refractivity contribution in [2.45, 2.75) is 25.0 Å². The van der Waals surface area contributed by atoms with Crippen molar-refractivity contribution in [2.24, 2.45) is 0 Å². The van der Waals surface area contributed by atoms with Gasteiger partial charge in [-0.05, 0) is 24.1 Å². The minimum atomic E-state index is -1.27. The lowest BCUT2D eigenvalue weighted by Gasteiger charge is -2.18. The van der Waals surface area contributed by atoms with Crippen LogP contribution in [0, 0.1) is 17.1 Å². The average Bonchev–Trinajstić information content (AvgIpc) is 2.31. The molecular weight excluding hydrogens is 289 g/mol. The molecule has 0 aliphatic carbocycles. The molecule has 2 unspecified atom stereocenters. The Morgan fingerprint density at radius 2 is 2.12 bits per heavy atom. The molecule has 17 heavy (non-hydrogen) atoms. The molecule has 0 heterocycles. The Balaban J connectivity index is 2.95. The van der Waals surface area contributed by atoms with Crippen LogP contribution < -0.4 is 0 Å². The van der Waals surface area contributed by atoms with Crippen LogP contribution in [0.4, 0.5) is 4.39 Å². The molecule has 0 saturated heterocycles. The van der Waals surface area contributed by atoms with Gasteiger partial charge in [0.1, 0.15) is 11.9 Å². The SMILES string of the molecule is N#CCc1ccc(F)c(C(O)C(O)CCBr)c1. The highest BCUT2D eigenvalue weighted by Gasteiger charge is 2.21. The highest BCUT2D eigenvalue weighted by Crippen LogP contribution is 2.23. The molecule has 2 N–H and O–H groups in total. The Kier molecular flexibility index (Phi) is 5.56. The number of hydrogen-bond acceptors (Lipinski definition) is 3. The summed E-state index contributed by atoms with van der Waals surface area (Å²) in [6, 6.07) is 6.06. The van der Waals surface area contributed by atoms with Crippen LogP contribution in [0.2, 0.25) is 0 Å². The van der Waals surface area contributed by atoms with Gasteiger partial charge in [-0.2, -0.15) is 5.26 Å². The molecule has 5 heteroatoms. The van der Waals surface area contributed by atoms with Crippen LogP contribution in [0.25, 0.3) is 0 Å². The van der Waals surface area contributed by atoms with E-state index < -0.39 is 18.0 Å². The van der Waals surface area contributed by atoms with Crippen molar-refractivity contribution < 1.29 is 14.6 Å². The second-order valence-electron chi connectivity index (χ2n) is 3.68. The fourth-order valence-electron chi connectivity index (χ4n) is 1.50. The molecule has 0 bridgehead atoms. The van der Waals surface area contributed by atoms with Crippen LogP contribution in [0.1, 0.15) is 23.7 Å². The number of halogens is 2. The molecule has 0 amide bonds. The third kappa shape index (κ3) is 3.77. The van der Waals surface area contributed by atoms with Crippen LogP contribution >= 0.6 is 15.9 Å². The lowest BCUT2D eigenvalue weighted by atomic mass is 9.99. The topological polar surface area (TPSA) is 64.2 Å². The molecule has 1 aromatic carbocycles. The summed E-state index contributed by atoms with van der Waals surface area (Å²) in [5.74, 6) is -0.576. The first kappa shape index (κ1) is 14.1. The number of hydrogen-bond donors (Lipinski definition) is 2. The minimum absolute atomic E-state index is 0.0335. The standard InChI is InChI=1S/C12H13BrFNO2/c13-5-3-11(16)12(17)9-7-8(4-6-15)1-2-10(9)14/h1-2,7,11-12,16-17H,3-5H2. The Bertz CT molecular complexity index is 419. The van der Waals surface area contributed by atoms with Gasteiger partial charge in [-0.1, -0.05) is 22.0 Å². The first-order valence-corrected chi connectivity index (χ1v) is 6.29. The van der Waals surface area contributed by atoms with Gasteiger partial charge in [0.25, 0.3) is 0 Å². The maximum Gasteiger partial charge on any atom is 0.129 e. The summed E-state index contributed by atoms with van der Waals surface area (Å²) in [6.07, 6.45) is -1.83. The highest BCUT2D eigenvalue weighted by atomic mass is 79.9. The summed E-state index contributed by atoms with van der Waals surface area (Å²) in [7, 11) is 0. The second kappa shape index (κ2) is 6.70. The predicted octanol–water partition coefficient (Wildman–Crippen LogP) is 2.07. The molecule has 0 aliphatic heterocycles. The van der Waals surface area contributed by atoms with E-state index in [1.807, 2.05) is 6.07 Å². The lowest BCUT2D eigenvalue weighted by molar-refractivity contribution is 0.0152. The largest absolute Gasteiger partial charge is 0.390 e. The zero-order chi connectivity index (χ0) is 12.8. The Morgan fingerprint density at radius 3 is 2.71 bits per heavy atom. The summed E-state index contributed by atoms with van der Waals surface area (Å²) >= 11 is 3.14. The van der Waals surface area contributed by atoms with Crippen LogP contribution in [-0.4, -0.2) is 21.6 Å². The predicted molar refractivity (Wildman–Crippen MR) is 65.1 cm³/mol. The number of nitriles is 1. The molecule has 1 aromatic rings. The van der Waals surface area contributed by atoms with E-state index in [0.29, 0.717) is 17.3 Å². The maximum atomic E-state index is 13.5. The quantitative estimate of drug-likeness (QED) is 0.818. The summed E-state index contributed by atoms with van der Waals surface area (Å²) in [5, 5.41) is 28.5. The molecule has 1 rings (SSSR count). The van der Waals surface area contributed by atoms with Crippen molar-refractivity contribution in [1.29, 1.82) is 5.26 Å². The Morgan fingerprint density at radius 1 is 1.41 bits per heavy atom. The van der Waals surface area contributed by atoms with E-state index in [1.165, 1.54) is 18.2 Å². The second-order valence-corrected chi connectivity index (χ2v) is 4.47. The molecule has 92 valence electrons. The van der Waals surface area contributed by atoms with Crippen molar-refractivity contribution in [3.8, 4) is 6.07 Å². The summed E-state index contributed by atoms with van der Waals surface area (Å²) in [4.78, 5) is 0. The average molecular weight is 302 g/mol. The lowest BCUT2D eigenvalue weighted by Crippen LogP contribution is -2.19. The molecular formula is C12H13BrFNO2. The van der Waals surface area contributed by atoms with Crippen molar-refractivity contribution in [3.05, 3.63) is 35.1 Å². The summed E-state index contributed by atoms with van der Waals surface area (Å²) < 4.78 is 13.5. The van der Waals surface area contributed by atoms with E-state index in [9.17, 15) is 14.6 Å². The summed E-state index contributed by atoms with van der Waals surface area (Å²) in [5.41, 5.74) is 0.653. The maximum absolute atomic E-state index is 13.5. The van der Waals surface area contributed by atoms with Gasteiger partial charge in [-0.3, -0.25) is 0 Å². The number of aliphatic hydroxyl groups excluding tert-OH is 2. The van der Waals surface area contributed by atoms with Gasteiger partial charge >= 0.3 is 0 Å². The van der Waals surface area contributed by atoms with Gasteiger partial charge < -0.3 is 10.2 Å². The number of rotatable bonds is 5. The van der Waals surface area contributed by atoms with E-state index in [4.69, 9.17) is 5.26 Å². The van der Waals surface area contributed by atoms with Crippen LogP contribution in [-0.2, 0) is 6.42 Å².